The highest BCUT2D eigenvalue weighted by Gasteiger charge is 2.06. The lowest BCUT2D eigenvalue weighted by atomic mass is 10.2. The Bertz CT molecular complexity index is 528. The molecule has 3 nitrogen and oxygen atoms in total. The highest BCUT2D eigenvalue weighted by atomic mass is 127. The summed E-state index contributed by atoms with van der Waals surface area (Å²) in [5, 5.41) is 3.34. The van der Waals surface area contributed by atoms with Gasteiger partial charge >= 0.3 is 0 Å². The molecule has 2 aromatic rings. The van der Waals surface area contributed by atoms with Crippen LogP contribution in [-0.4, -0.2) is 11.5 Å². The minimum absolute atomic E-state index is 0.260. The third kappa shape index (κ3) is 3.91. The zero-order valence-corrected chi connectivity index (χ0v) is 13.2. The molecule has 0 aliphatic rings. The van der Waals surface area contributed by atoms with Crippen molar-refractivity contribution >= 4 is 22.6 Å². The van der Waals surface area contributed by atoms with Gasteiger partial charge in [-0.15, -0.1) is 0 Å². The van der Waals surface area contributed by atoms with Gasteiger partial charge in [0.1, 0.15) is 11.5 Å². The molecule has 1 N–H and O–H groups in total. The molecule has 0 fully saturated rings. The predicted molar refractivity (Wildman–Crippen MR) is 85.6 cm³/mol. The number of benzene rings is 1. The Hall–Kier alpha value is -1.14. The Morgan fingerprint density at radius 1 is 1.26 bits per heavy atom. The maximum atomic E-state index is 5.81. The average Bonchev–Trinajstić information content (AvgIpc) is 2.42. The van der Waals surface area contributed by atoms with E-state index >= 15 is 0 Å². The van der Waals surface area contributed by atoms with Crippen LogP contribution in [0.3, 0.4) is 0 Å². The number of nitrogens with zero attached hydrogens (tertiary/aromatic N) is 1. The maximum absolute atomic E-state index is 5.81. The summed E-state index contributed by atoms with van der Waals surface area (Å²) in [5.41, 5.74) is 1.02. The molecule has 0 bridgehead atoms. The van der Waals surface area contributed by atoms with Gasteiger partial charge in [-0.3, -0.25) is 4.98 Å². The van der Waals surface area contributed by atoms with E-state index in [9.17, 15) is 0 Å². The van der Waals surface area contributed by atoms with Crippen molar-refractivity contribution in [1.29, 1.82) is 0 Å². The molecular weight excluding hydrogens is 351 g/mol. The van der Waals surface area contributed by atoms with E-state index in [1.807, 2.05) is 36.4 Å². The Kier molecular flexibility index (Phi) is 5.15. The molecule has 0 saturated heterocycles. The van der Waals surface area contributed by atoms with Crippen LogP contribution < -0.4 is 10.1 Å². The molecular formula is C15H17IN2O. The highest BCUT2D eigenvalue weighted by molar-refractivity contribution is 14.1. The van der Waals surface area contributed by atoms with Gasteiger partial charge in [-0.1, -0.05) is 19.1 Å². The summed E-state index contributed by atoms with van der Waals surface area (Å²) < 4.78 is 6.90. The van der Waals surface area contributed by atoms with Crippen molar-refractivity contribution in [3.05, 3.63) is 51.9 Å². The van der Waals surface area contributed by atoms with Crippen LogP contribution in [0.2, 0.25) is 0 Å². The second-order valence-electron chi connectivity index (χ2n) is 4.23. The smallest absolute Gasteiger partial charge is 0.145 e. The van der Waals surface area contributed by atoms with Crippen molar-refractivity contribution < 1.29 is 4.74 Å². The minimum atomic E-state index is 0.260. The van der Waals surface area contributed by atoms with E-state index in [0.29, 0.717) is 0 Å². The summed E-state index contributed by atoms with van der Waals surface area (Å²) in [6.07, 6.45) is 1.77. The number of pyridine rings is 1. The van der Waals surface area contributed by atoms with Crippen molar-refractivity contribution in [2.45, 2.75) is 19.9 Å². The first-order valence-electron chi connectivity index (χ1n) is 6.32. The van der Waals surface area contributed by atoms with E-state index in [1.165, 1.54) is 0 Å². The topological polar surface area (TPSA) is 34.1 Å². The van der Waals surface area contributed by atoms with Gasteiger partial charge in [-0.05, 0) is 60.3 Å². The van der Waals surface area contributed by atoms with Crippen LogP contribution in [0.15, 0.2) is 42.6 Å². The van der Waals surface area contributed by atoms with Crippen molar-refractivity contribution in [2.24, 2.45) is 0 Å². The molecule has 0 aliphatic heterocycles. The fourth-order valence-corrected chi connectivity index (χ4v) is 2.27. The predicted octanol–water partition coefficient (Wildman–Crippen LogP) is 4.15. The molecule has 1 atom stereocenters. The highest BCUT2D eigenvalue weighted by Crippen LogP contribution is 2.26. The first-order valence-corrected chi connectivity index (χ1v) is 7.40. The van der Waals surface area contributed by atoms with Gasteiger partial charge < -0.3 is 10.1 Å². The first kappa shape index (κ1) is 14.3. The van der Waals surface area contributed by atoms with Crippen LogP contribution in [0.5, 0.6) is 11.5 Å². The molecule has 0 radical (unpaired) electrons. The number of para-hydroxylation sites is 1. The summed E-state index contributed by atoms with van der Waals surface area (Å²) in [6, 6.07) is 12.1. The SMILES string of the molecule is CCNC(C)c1ccc(Oc2ccccc2I)cn1. The monoisotopic (exact) mass is 368 g/mol. The zero-order chi connectivity index (χ0) is 13.7. The molecule has 1 aromatic heterocycles. The number of nitrogens with one attached hydrogen (secondary N) is 1. The van der Waals surface area contributed by atoms with Crippen LogP contribution in [-0.2, 0) is 0 Å². The Balaban J connectivity index is 2.09. The summed E-state index contributed by atoms with van der Waals surface area (Å²) in [6.45, 7) is 5.13. The largest absolute Gasteiger partial charge is 0.455 e. The Morgan fingerprint density at radius 2 is 2.05 bits per heavy atom. The molecule has 0 spiro atoms. The van der Waals surface area contributed by atoms with Crippen molar-refractivity contribution in [1.82, 2.24) is 10.3 Å². The molecule has 0 saturated carbocycles. The van der Waals surface area contributed by atoms with Crippen molar-refractivity contribution in [3.63, 3.8) is 0 Å². The van der Waals surface area contributed by atoms with Gasteiger partial charge in [0, 0.05) is 6.04 Å². The average molecular weight is 368 g/mol. The van der Waals surface area contributed by atoms with Crippen LogP contribution in [0, 0.1) is 3.57 Å². The van der Waals surface area contributed by atoms with Gasteiger partial charge in [-0.25, -0.2) is 0 Å². The molecule has 0 aliphatic carbocycles. The van der Waals surface area contributed by atoms with Gasteiger partial charge in [0.05, 0.1) is 15.5 Å². The van der Waals surface area contributed by atoms with Gasteiger partial charge in [-0.2, -0.15) is 0 Å². The van der Waals surface area contributed by atoms with Gasteiger partial charge in [0.15, 0.2) is 0 Å². The van der Waals surface area contributed by atoms with E-state index in [1.54, 1.807) is 6.20 Å². The number of ether oxygens (including phenoxy) is 1. The zero-order valence-electron chi connectivity index (χ0n) is 11.1. The fraction of sp³-hybridized carbons (Fsp3) is 0.267. The quantitative estimate of drug-likeness (QED) is 0.806. The second-order valence-corrected chi connectivity index (χ2v) is 5.39. The third-order valence-electron chi connectivity index (χ3n) is 2.78. The number of halogens is 1. The van der Waals surface area contributed by atoms with Crippen LogP contribution in [0.25, 0.3) is 0 Å². The van der Waals surface area contributed by atoms with Gasteiger partial charge in [0.25, 0.3) is 0 Å². The second kappa shape index (κ2) is 6.86. The van der Waals surface area contributed by atoms with E-state index in [2.05, 4.69) is 46.7 Å². The lowest BCUT2D eigenvalue weighted by molar-refractivity contribution is 0.475. The lowest BCUT2D eigenvalue weighted by Gasteiger charge is -2.12. The summed E-state index contributed by atoms with van der Waals surface area (Å²) in [5.74, 6) is 1.62. The molecule has 1 unspecified atom stereocenters. The molecule has 100 valence electrons. The summed E-state index contributed by atoms with van der Waals surface area (Å²) >= 11 is 2.26. The van der Waals surface area contributed by atoms with Crippen molar-refractivity contribution in [2.75, 3.05) is 6.54 Å². The van der Waals surface area contributed by atoms with E-state index in [4.69, 9.17) is 4.74 Å². The molecule has 19 heavy (non-hydrogen) atoms. The molecule has 4 heteroatoms. The third-order valence-corrected chi connectivity index (χ3v) is 3.67. The van der Waals surface area contributed by atoms with Crippen LogP contribution >= 0.6 is 22.6 Å². The molecule has 0 amide bonds. The summed E-state index contributed by atoms with van der Waals surface area (Å²) in [7, 11) is 0. The fourth-order valence-electron chi connectivity index (χ4n) is 1.77. The van der Waals surface area contributed by atoms with Crippen LogP contribution in [0.4, 0.5) is 0 Å². The first-order chi connectivity index (χ1) is 9.20. The standard InChI is InChI=1S/C15H17IN2O/c1-3-17-11(2)14-9-8-12(10-18-14)19-15-7-5-4-6-13(15)16/h4-11,17H,3H2,1-2H3. The molecule has 1 heterocycles. The lowest BCUT2D eigenvalue weighted by Crippen LogP contribution is -2.18. The van der Waals surface area contributed by atoms with Crippen LogP contribution in [0.1, 0.15) is 25.6 Å². The van der Waals surface area contributed by atoms with Gasteiger partial charge in [0.2, 0.25) is 0 Å². The summed E-state index contributed by atoms with van der Waals surface area (Å²) in [4.78, 5) is 4.43. The number of hydrogen-bond acceptors (Lipinski definition) is 3. The Morgan fingerprint density at radius 3 is 2.68 bits per heavy atom. The van der Waals surface area contributed by atoms with E-state index in [-0.39, 0.29) is 6.04 Å². The normalized spacial score (nSPS) is 12.2. The van der Waals surface area contributed by atoms with E-state index in [0.717, 1.165) is 27.3 Å². The molecule has 2 rings (SSSR count). The minimum Gasteiger partial charge on any atom is -0.455 e. The number of hydrogen-bond donors (Lipinski definition) is 1. The maximum Gasteiger partial charge on any atom is 0.145 e. The number of aromatic nitrogens is 1. The molecule has 1 aromatic carbocycles. The number of rotatable bonds is 5. The Labute approximate surface area is 127 Å². The van der Waals surface area contributed by atoms with Crippen molar-refractivity contribution in [3.8, 4) is 11.5 Å². The van der Waals surface area contributed by atoms with E-state index < -0.39 is 0 Å².